The number of nitrogens with two attached hydrogens (primary N) is 2. The highest BCUT2D eigenvalue weighted by molar-refractivity contribution is 8.22. The first-order valence-corrected chi connectivity index (χ1v) is 10.9. The molecule has 0 aliphatic rings. The van der Waals surface area contributed by atoms with E-state index >= 15 is 0 Å². The van der Waals surface area contributed by atoms with Crippen molar-refractivity contribution in [1.29, 1.82) is 0 Å². The second kappa shape index (κ2) is 9.95. The summed E-state index contributed by atoms with van der Waals surface area (Å²) < 4.78 is 27.5. The predicted octanol–water partition coefficient (Wildman–Crippen LogP) is 2.34. The average Bonchev–Trinajstić information content (AvgIpc) is 2.67. The number of nitrogens with one attached hydrogen (secondary N) is 1. The molecule has 0 fully saturated rings. The normalized spacial score (nSPS) is 11.6. The van der Waals surface area contributed by atoms with Gasteiger partial charge in [-0.2, -0.15) is 23.7 Å². The van der Waals surface area contributed by atoms with Gasteiger partial charge in [-0.05, 0) is 48.7 Å². The lowest BCUT2D eigenvalue weighted by atomic mass is 10.2. The van der Waals surface area contributed by atoms with E-state index in [2.05, 4.69) is 25.2 Å². The summed E-state index contributed by atoms with van der Waals surface area (Å²) in [6, 6.07) is 10.1. The highest BCUT2D eigenvalue weighted by Gasteiger charge is 2.12. The van der Waals surface area contributed by atoms with E-state index in [1.165, 1.54) is 48.3 Å². The van der Waals surface area contributed by atoms with E-state index < -0.39 is 16.0 Å². The van der Waals surface area contributed by atoms with E-state index in [-0.39, 0.29) is 10.6 Å². The van der Waals surface area contributed by atoms with Gasteiger partial charge in [0.05, 0.1) is 22.5 Å². The Labute approximate surface area is 176 Å². The van der Waals surface area contributed by atoms with Crippen LogP contribution in [0.3, 0.4) is 0 Å². The van der Waals surface area contributed by atoms with Gasteiger partial charge in [0.15, 0.2) is 4.32 Å². The molecule has 2 rings (SSSR count). The van der Waals surface area contributed by atoms with Crippen molar-refractivity contribution in [2.75, 3.05) is 6.26 Å². The third-order valence-electron chi connectivity index (χ3n) is 3.20. The van der Waals surface area contributed by atoms with Crippen molar-refractivity contribution in [1.82, 2.24) is 5.43 Å². The molecule has 0 saturated heterocycles. The summed E-state index contributed by atoms with van der Waals surface area (Å²) in [5.41, 5.74) is 14.1. The summed E-state index contributed by atoms with van der Waals surface area (Å²) >= 11 is 6.29. The zero-order valence-corrected chi connectivity index (χ0v) is 17.5. The van der Waals surface area contributed by atoms with Crippen molar-refractivity contribution in [3.63, 3.8) is 0 Å². The lowest BCUT2D eigenvalue weighted by Gasteiger charge is -2.01. The van der Waals surface area contributed by atoms with Crippen LogP contribution in [0.5, 0.6) is 5.75 Å². The fourth-order valence-corrected chi connectivity index (χ4v) is 2.96. The minimum atomic E-state index is -3.96. The van der Waals surface area contributed by atoms with Gasteiger partial charge in [-0.25, -0.2) is 0 Å². The van der Waals surface area contributed by atoms with Crippen molar-refractivity contribution in [3.8, 4) is 5.75 Å². The summed E-state index contributed by atoms with van der Waals surface area (Å²) in [7, 11) is -3.96. The number of hydrogen-bond acceptors (Lipinski definition) is 8. The molecule has 152 valence electrons. The molecule has 0 unspecified atom stereocenters. The van der Waals surface area contributed by atoms with E-state index in [0.717, 1.165) is 0 Å². The molecule has 0 aliphatic heterocycles. The van der Waals surface area contributed by atoms with E-state index in [4.69, 9.17) is 23.7 Å². The Morgan fingerprint density at radius 3 is 2.38 bits per heavy atom. The number of nitrogens with zero attached hydrogens (tertiary/aromatic N) is 4. The first-order valence-electron chi connectivity index (χ1n) is 7.79. The van der Waals surface area contributed by atoms with Crippen molar-refractivity contribution in [2.45, 2.75) is 4.90 Å². The minimum absolute atomic E-state index is 0.0128. The maximum absolute atomic E-state index is 11.9. The number of rotatable bonds is 6. The number of thiocarbonyl (C=S) groups is 1. The van der Waals surface area contributed by atoms with Gasteiger partial charge in [-0.15, -0.1) is 4.40 Å². The summed E-state index contributed by atoms with van der Waals surface area (Å²) in [4.78, 5) is -0.0800. The highest BCUT2D eigenvalue weighted by atomic mass is 32.2. The summed E-state index contributed by atoms with van der Waals surface area (Å²) in [6.07, 6.45) is 3.21. The number of aromatic hydroxyl groups is 1. The van der Waals surface area contributed by atoms with Crippen LogP contribution in [-0.2, 0) is 10.0 Å². The van der Waals surface area contributed by atoms with E-state index in [1.807, 2.05) is 6.26 Å². The number of sulfonamides is 1. The number of hydrazone groups is 1. The van der Waals surface area contributed by atoms with Crippen LogP contribution >= 0.6 is 24.0 Å². The van der Waals surface area contributed by atoms with Crippen LogP contribution in [0.25, 0.3) is 0 Å². The Kier molecular flexibility index (Phi) is 7.64. The predicted molar refractivity (Wildman–Crippen MR) is 119 cm³/mol. The lowest BCUT2D eigenvalue weighted by Crippen LogP contribution is -2.24. The molecule has 13 heteroatoms. The van der Waals surface area contributed by atoms with E-state index in [1.54, 1.807) is 12.1 Å². The Hall–Kier alpha value is -3.03. The van der Waals surface area contributed by atoms with Crippen molar-refractivity contribution >= 4 is 61.9 Å². The average molecular weight is 452 g/mol. The molecule has 2 aromatic rings. The summed E-state index contributed by atoms with van der Waals surface area (Å²) in [5, 5.41) is 21.9. The first kappa shape index (κ1) is 22.3. The van der Waals surface area contributed by atoms with Crippen molar-refractivity contribution in [2.24, 2.45) is 31.2 Å². The SMILES string of the molecule is CSC(=S)N/N=C/c1cc(N=Nc2ccc(S(=O)(=O)N=C(N)N)cc2)ccc1O. The van der Waals surface area contributed by atoms with Crippen LogP contribution in [0.15, 0.2) is 67.1 Å². The van der Waals surface area contributed by atoms with Gasteiger partial charge >= 0.3 is 0 Å². The largest absolute Gasteiger partial charge is 0.507 e. The number of phenolic OH excluding ortho intramolecular Hbond substituents is 1. The van der Waals surface area contributed by atoms with Crippen LogP contribution < -0.4 is 16.9 Å². The summed E-state index contributed by atoms with van der Waals surface area (Å²) in [5.74, 6) is -0.537. The maximum Gasteiger partial charge on any atom is 0.285 e. The molecule has 0 amide bonds. The first-order chi connectivity index (χ1) is 13.7. The second-order valence-electron chi connectivity index (χ2n) is 5.29. The molecular weight excluding hydrogens is 434 g/mol. The van der Waals surface area contributed by atoms with Gasteiger partial charge in [0.2, 0.25) is 5.96 Å². The Morgan fingerprint density at radius 2 is 1.76 bits per heavy atom. The van der Waals surface area contributed by atoms with Gasteiger partial charge in [0.25, 0.3) is 10.0 Å². The summed E-state index contributed by atoms with van der Waals surface area (Å²) in [6.45, 7) is 0. The minimum Gasteiger partial charge on any atom is -0.507 e. The van der Waals surface area contributed by atoms with Crippen LogP contribution in [0.1, 0.15) is 5.56 Å². The molecule has 29 heavy (non-hydrogen) atoms. The van der Waals surface area contributed by atoms with Gasteiger partial charge in [-0.1, -0.05) is 24.0 Å². The van der Waals surface area contributed by atoms with Crippen molar-refractivity contribution in [3.05, 3.63) is 48.0 Å². The van der Waals surface area contributed by atoms with Gasteiger partial charge in [0, 0.05) is 5.56 Å². The monoisotopic (exact) mass is 451 g/mol. The molecule has 2 aromatic carbocycles. The van der Waals surface area contributed by atoms with Crippen molar-refractivity contribution < 1.29 is 13.5 Å². The molecule has 0 aromatic heterocycles. The molecule has 10 nitrogen and oxygen atoms in total. The Balaban J connectivity index is 2.16. The Bertz CT molecular complexity index is 1080. The van der Waals surface area contributed by atoms with Gasteiger partial charge < -0.3 is 16.6 Å². The van der Waals surface area contributed by atoms with E-state index in [0.29, 0.717) is 21.3 Å². The molecule has 0 radical (unpaired) electrons. The number of guanidine groups is 1. The quantitative estimate of drug-likeness (QED) is 0.171. The zero-order chi connectivity index (χ0) is 21.4. The Morgan fingerprint density at radius 1 is 1.14 bits per heavy atom. The van der Waals surface area contributed by atoms with Gasteiger partial charge in [-0.3, -0.25) is 5.43 Å². The molecule has 0 saturated carbocycles. The maximum atomic E-state index is 11.9. The van der Waals surface area contributed by atoms with Gasteiger partial charge in [0.1, 0.15) is 5.75 Å². The third-order valence-corrected chi connectivity index (χ3v) is 5.57. The van der Waals surface area contributed by atoms with Crippen LogP contribution in [0, 0.1) is 0 Å². The third kappa shape index (κ3) is 6.81. The van der Waals surface area contributed by atoms with Crippen LogP contribution in [-0.4, -0.2) is 36.3 Å². The number of benzene rings is 2. The molecule has 6 N–H and O–H groups in total. The zero-order valence-electron chi connectivity index (χ0n) is 15.1. The lowest BCUT2D eigenvalue weighted by molar-refractivity contribution is 0.474. The molecule has 0 atom stereocenters. The van der Waals surface area contributed by atoms with Crippen LogP contribution in [0.2, 0.25) is 0 Å². The number of phenols is 1. The fraction of sp³-hybridized carbons (Fsp3) is 0.0625. The molecule has 0 aliphatic carbocycles. The molecular formula is C16H17N7O3S3. The standard InChI is InChI=1S/C16H17N7O3S3/c1-28-16(27)22-19-9-10-8-12(4-7-14(10)24)21-20-11-2-5-13(6-3-11)29(25,26)23-15(17)18/h2-9,24H,1H3,(H,22,27)(H4,17,18,23)/b19-9+,21-20?. The fourth-order valence-electron chi connectivity index (χ4n) is 1.90. The molecule has 0 spiro atoms. The van der Waals surface area contributed by atoms with E-state index in [9.17, 15) is 13.5 Å². The smallest absolute Gasteiger partial charge is 0.285 e. The molecule has 0 bridgehead atoms. The molecule has 0 heterocycles. The highest BCUT2D eigenvalue weighted by Crippen LogP contribution is 2.25. The topological polar surface area (TPSA) is 168 Å². The second-order valence-corrected chi connectivity index (χ2v) is 8.38. The van der Waals surface area contributed by atoms with Crippen LogP contribution in [0.4, 0.5) is 11.4 Å². The number of hydrogen-bond donors (Lipinski definition) is 4. The number of azo groups is 1. The number of thioether (sulfide) groups is 1.